The molecule has 26 heteroatoms. The van der Waals surface area contributed by atoms with Crippen molar-refractivity contribution in [2.45, 2.75) is 204 Å². The van der Waals surface area contributed by atoms with E-state index in [1.54, 1.807) is 53.9 Å². The van der Waals surface area contributed by atoms with Crippen LogP contribution in [0.3, 0.4) is 0 Å². The van der Waals surface area contributed by atoms with E-state index in [2.05, 4.69) is 10.5 Å². The second-order valence-electron chi connectivity index (χ2n) is 24.9. The largest absolute Gasteiger partial charge is 0.477 e. The molecule has 0 radical (unpaired) electrons. The van der Waals surface area contributed by atoms with Gasteiger partial charge in [0.05, 0.1) is 110 Å². The number of carboxylic acids is 1. The van der Waals surface area contributed by atoms with Crippen LogP contribution in [0.4, 0.5) is 5.69 Å². The monoisotopic (exact) mass is 1270 g/mol. The molecule has 88 heavy (non-hydrogen) atoms. The van der Waals surface area contributed by atoms with Gasteiger partial charge in [0.1, 0.15) is 29.0 Å². The van der Waals surface area contributed by atoms with Crippen LogP contribution in [0.2, 0.25) is 5.02 Å². The number of aliphatic hydroxyl groups is 3. The topological polar surface area (TPSA) is 302 Å². The smallest absolute Gasteiger partial charge is 0.341 e. The number of aromatic carboxylic acids is 1. The maximum Gasteiger partial charge on any atom is 0.341 e. The van der Waals surface area contributed by atoms with Gasteiger partial charge in [-0.05, 0) is 99.9 Å². The van der Waals surface area contributed by atoms with Crippen LogP contribution in [-0.2, 0) is 71.3 Å². The van der Waals surface area contributed by atoms with Crippen molar-refractivity contribution in [2.75, 3.05) is 93.7 Å². The van der Waals surface area contributed by atoms with Gasteiger partial charge in [-0.3, -0.25) is 14.4 Å². The zero-order valence-electron chi connectivity index (χ0n) is 54.0. The first-order valence-corrected chi connectivity index (χ1v) is 31.1. The number of pyridine rings is 1. The number of methoxy groups -OCH3 is 3. The van der Waals surface area contributed by atoms with Crippen molar-refractivity contribution in [3.8, 4) is 0 Å². The molecule has 1 aliphatic carbocycles. The fourth-order valence-electron chi connectivity index (χ4n) is 12.6. The van der Waals surface area contributed by atoms with Crippen LogP contribution in [0.15, 0.2) is 28.3 Å². The molecule has 25 nitrogen and oxygen atoms in total. The van der Waals surface area contributed by atoms with Crippen molar-refractivity contribution in [2.24, 2.45) is 28.8 Å². The highest BCUT2D eigenvalue weighted by molar-refractivity contribution is 6.34. The normalized spacial score (nSPS) is 35.0. The maximum atomic E-state index is 14.8. The van der Waals surface area contributed by atoms with Gasteiger partial charge < -0.3 is 96.9 Å². The van der Waals surface area contributed by atoms with Gasteiger partial charge in [0.25, 0.3) is 0 Å². The number of nitrogens with one attached hydrogen (secondary N) is 1. The van der Waals surface area contributed by atoms with Crippen LogP contribution in [-0.4, -0.2) is 226 Å². The van der Waals surface area contributed by atoms with Gasteiger partial charge in [-0.15, -0.1) is 0 Å². The van der Waals surface area contributed by atoms with Crippen molar-refractivity contribution in [3.63, 3.8) is 0 Å². The molecule has 0 spiro atoms. The SMILES string of the molecule is CC[C@H]1OC(=O)[C@H](C)[C@@H](O[C@H]2C[C@@](C)(OC)[C@@H](OC(=O)CCOCCOCCNc3cc4c(=O)c(C(=O)O)cn(C5CC5)c4cc3Cl)[C@H](C)O2)[C@H](C)[C@@H](O[C@H]2O[C@@H](C)C[C@@H](N(C)C)[C@@H]2O)[C@](C)(OC)C[C@@H](C)/C(=N\OCOCCOC)[C@H](C)[C@@H](O)[C@]1(C)O. The Labute approximate surface area is 522 Å². The number of aliphatic hydroxyl groups excluding tert-OH is 2. The second-order valence-corrected chi connectivity index (χ2v) is 25.3. The average Bonchev–Trinajstić information content (AvgIpc) is 1.59. The van der Waals surface area contributed by atoms with Crippen molar-refractivity contribution in [3.05, 3.63) is 39.1 Å². The molecule has 4 heterocycles. The van der Waals surface area contributed by atoms with Crippen LogP contribution >= 0.6 is 11.6 Å². The number of aromatic nitrogens is 1. The Hall–Kier alpha value is -4.16. The number of esters is 2. The summed E-state index contributed by atoms with van der Waals surface area (Å²) in [5.41, 5.74) is -4.01. The molecule has 0 amide bonds. The highest BCUT2D eigenvalue weighted by Gasteiger charge is 2.55. The van der Waals surface area contributed by atoms with Crippen LogP contribution in [0.5, 0.6) is 0 Å². The van der Waals surface area contributed by atoms with E-state index >= 15 is 0 Å². The summed E-state index contributed by atoms with van der Waals surface area (Å²) in [5, 5.41) is 54.3. The van der Waals surface area contributed by atoms with Gasteiger partial charge in [-0.25, -0.2) is 4.79 Å². The first-order valence-electron chi connectivity index (χ1n) is 30.7. The van der Waals surface area contributed by atoms with Gasteiger partial charge in [-0.1, -0.05) is 44.5 Å². The second kappa shape index (κ2) is 32.4. The van der Waals surface area contributed by atoms with E-state index in [-0.39, 0.29) is 94.6 Å². The average molecular weight is 1270 g/mol. The predicted octanol–water partition coefficient (Wildman–Crippen LogP) is 5.95. The molecule has 2 aromatic rings. The molecule has 18 atom stereocenters. The summed E-state index contributed by atoms with van der Waals surface area (Å²) in [6.45, 7) is 18.8. The number of anilines is 1. The number of nitrogens with zero attached hydrogens (tertiary/aromatic N) is 3. The Balaban J connectivity index is 1.16. The summed E-state index contributed by atoms with van der Waals surface area (Å²) in [6, 6.07) is 3.01. The first kappa shape index (κ1) is 72.9. The van der Waals surface area contributed by atoms with Crippen molar-refractivity contribution >= 4 is 51.8 Å². The summed E-state index contributed by atoms with van der Waals surface area (Å²) in [7, 11) is 8.32. The minimum absolute atomic E-state index is 0.0141. The number of oxime groups is 1. The molecule has 5 N–H and O–H groups in total. The quantitative estimate of drug-likeness (QED) is 0.0299. The highest BCUT2D eigenvalue weighted by Crippen LogP contribution is 2.43. The van der Waals surface area contributed by atoms with Crippen molar-refractivity contribution in [1.82, 2.24) is 9.47 Å². The lowest BCUT2D eigenvalue weighted by atomic mass is 9.73. The number of carbonyl (C=O) groups is 3. The Morgan fingerprint density at radius 1 is 0.864 bits per heavy atom. The van der Waals surface area contributed by atoms with Crippen LogP contribution < -0.4 is 10.7 Å². The fraction of sp³-hybridized carbons (Fsp3) is 0.790. The molecule has 3 saturated heterocycles. The van der Waals surface area contributed by atoms with E-state index in [4.69, 9.17) is 73.3 Å². The standard InChI is InChI=1S/C62H99ClN4O21/c1-16-47-62(10,75)54(71)36(4)50(65-82-33-81-24-23-76-13)34(2)30-60(8,77-14)55(88-59-52(70)46(66(11)12)27-35(3)83-59)37(5)53(38(6)58(74)85-47)87-49-31-61(9,78-15)56(39(7)84-49)86-48(68)19-21-79-25-26-80-22-20-64-44-28-41-45(29-43(44)63)67(40-17-18-40)32-42(51(41)69)57(72)73/h28-29,32,34-40,46-47,49,52-56,59,64,70-71,75H,16-27,30-31,33H2,1-15H3,(H,72,73)/b65-50+/t34-,35+,36+,37+,38-,39+,46-,47-,49+,52+,53+,54-,55-,56+,59-,60-,61-,62-/m1/s1. The lowest BCUT2D eigenvalue weighted by Crippen LogP contribution is -2.61. The molecule has 0 bridgehead atoms. The Morgan fingerprint density at radius 3 is 2.15 bits per heavy atom. The number of hydrogen-bond donors (Lipinski definition) is 5. The van der Waals surface area contributed by atoms with Crippen LogP contribution in [0, 0.1) is 23.7 Å². The molecule has 1 saturated carbocycles. The number of ether oxygens (including phenoxy) is 12. The molecule has 1 aromatic heterocycles. The number of likely N-dealkylation sites (N-methyl/N-ethyl adjacent to an activating group) is 1. The van der Waals surface area contributed by atoms with Crippen LogP contribution in [0.25, 0.3) is 10.9 Å². The van der Waals surface area contributed by atoms with E-state index in [0.717, 1.165) is 12.8 Å². The zero-order chi connectivity index (χ0) is 65.0. The van der Waals surface area contributed by atoms with E-state index < -0.39 is 119 Å². The maximum absolute atomic E-state index is 14.8. The zero-order valence-corrected chi connectivity index (χ0v) is 54.8. The molecule has 500 valence electrons. The molecule has 6 rings (SSSR count). The fourth-order valence-corrected chi connectivity index (χ4v) is 12.8. The van der Waals surface area contributed by atoms with Gasteiger partial charge in [0.15, 0.2) is 18.7 Å². The lowest BCUT2D eigenvalue weighted by Gasteiger charge is -2.50. The number of benzene rings is 1. The third-order valence-corrected chi connectivity index (χ3v) is 18.2. The Morgan fingerprint density at radius 2 is 1.52 bits per heavy atom. The molecule has 4 fully saturated rings. The Kier molecular flexibility index (Phi) is 26.8. The number of fused-ring (bicyclic) bond motifs is 1. The number of hydrogen-bond acceptors (Lipinski definition) is 23. The molecule has 1 aromatic carbocycles. The van der Waals surface area contributed by atoms with Crippen molar-refractivity contribution < 1.29 is 96.5 Å². The number of cyclic esters (lactones) is 1. The van der Waals surface area contributed by atoms with E-state index in [1.165, 1.54) is 27.3 Å². The van der Waals surface area contributed by atoms with Gasteiger partial charge in [-0.2, -0.15) is 0 Å². The molecule has 0 unspecified atom stereocenters. The minimum Gasteiger partial charge on any atom is -0.477 e. The number of carbonyl (C=O) groups excluding carboxylic acids is 2. The summed E-state index contributed by atoms with van der Waals surface area (Å²) in [6.07, 6.45) is -6.51. The van der Waals surface area contributed by atoms with E-state index in [0.29, 0.717) is 41.5 Å². The number of carboxylic acid groups (broad SMARTS) is 1. The Bertz CT molecular complexity index is 2700. The van der Waals surface area contributed by atoms with Gasteiger partial charge >= 0.3 is 17.9 Å². The summed E-state index contributed by atoms with van der Waals surface area (Å²) in [4.78, 5) is 60.9. The third kappa shape index (κ3) is 17.9. The molecular weight excluding hydrogens is 1170 g/mol. The van der Waals surface area contributed by atoms with Gasteiger partial charge in [0.2, 0.25) is 12.2 Å². The number of rotatable bonds is 27. The molecule has 4 aliphatic rings. The highest BCUT2D eigenvalue weighted by atomic mass is 35.5. The molecule has 3 aliphatic heterocycles. The minimum atomic E-state index is -2.01. The summed E-state index contributed by atoms with van der Waals surface area (Å²) >= 11 is 6.60. The predicted molar refractivity (Wildman–Crippen MR) is 324 cm³/mol. The van der Waals surface area contributed by atoms with E-state index in [9.17, 15) is 39.6 Å². The van der Waals surface area contributed by atoms with Gasteiger partial charge in [0, 0.05) is 75.7 Å². The summed E-state index contributed by atoms with van der Waals surface area (Å²) < 4.78 is 75.9. The van der Waals surface area contributed by atoms with Crippen LogP contribution in [0.1, 0.15) is 131 Å². The van der Waals surface area contributed by atoms with E-state index in [1.807, 2.05) is 51.3 Å². The third-order valence-electron chi connectivity index (χ3n) is 17.9. The molecular formula is C62H99ClN4O21. The number of halogens is 1. The lowest BCUT2D eigenvalue weighted by molar-refractivity contribution is -0.320. The van der Waals surface area contributed by atoms with Crippen molar-refractivity contribution in [1.29, 1.82) is 0 Å². The first-order chi connectivity index (χ1) is 41.6. The summed E-state index contributed by atoms with van der Waals surface area (Å²) in [5.74, 6) is -5.97.